The molecule has 156 valence electrons. The maximum Gasteiger partial charge on any atom is 0.282 e. The minimum atomic E-state index is -0.432. The standard InChI is InChI=1S/C23H23ClN2O4/c1-30-19-11-5-2-8-16(19)20-21(25-12-6-7-15(13-25)14-27)23(29)26(22(20)28)18-10-4-3-9-17(18)24/h2-5,8-11,15,27H,6-7,12-14H2,1H3. The molecule has 1 unspecified atom stereocenters. The molecule has 0 radical (unpaired) electrons. The van der Waals surface area contributed by atoms with Gasteiger partial charge in [-0.15, -0.1) is 0 Å². The highest BCUT2D eigenvalue weighted by Crippen LogP contribution is 2.40. The van der Waals surface area contributed by atoms with Gasteiger partial charge in [0.1, 0.15) is 11.4 Å². The molecule has 2 heterocycles. The van der Waals surface area contributed by atoms with E-state index in [-0.39, 0.29) is 12.5 Å². The van der Waals surface area contributed by atoms with Crippen LogP contribution in [0.5, 0.6) is 5.75 Å². The van der Waals surface area contributed by atoms with Gasteiger partial charge in [-0.05, 0) is 37.0 Å². The van der Waals surface area contributed by atoms with Crippen LogP contribution in [0.1, 0.15) is 18.4 Å². The Kier molecular flexibility index (Phi) is 5.79. The van der Waals surface area contributed by atoms with Crippen LogP contribution in [0.3, 0.4) is 0 Å². The monoisotopic (exact) mass is 426 g/mol. The summed E-state index contributed by atoms with van der Waals surface area (Å²) in [5.74, 6) is -0.267. The van der Waals surface area contributed by atoms with E-state index in [1.54, 1.807) is 36.4 Å². The van der Waals surface area contributed by atoms with Gasteiger partial charge in [0.25, 0.3) is 11.8 Å². The Morgan fingerprint density at radius 1 is 1.10 bits per heavy atom. The van der Waals surface area contributed by atoms with Crippen LogP contribution in [0.4, 0.5) is 5.69 Å². The number of benzene rings is 2. The fourth-order valence-corrected chi connectivity index (χ4v) is 4.39. The molecule has 1 fully saturated rings. The number of imide groups is 1. The topological polar surface area (TPSA) is 70.1 Å². The van der Waals surface area contributed by atoms with Gasteiger partial charge in [-0.2, -0.15) is 0 Å². The normalized spacial score (nSPS) is 19.6. The van der Waals surface area contributed by atoms with Crippen molar-refractivity contribution in [2.45, 2.75) is 12.8 Å². The van der Waals surface area contributed by atoms with Gasteiger partial charge in [-0.3, -0.25) is 9.59 Å². The quantitative estimate of drug-likeness (QED) is 0.742. The van der Waals surface area contributed by atoms with Crippen LogP contribution < -0.4 is 9.64 Å². The molecule has 2 aromatic carbocycles. The van der Waals surface area contributed by atoms with E-state index in [1.165, 1.54) is 7.11 Å². The van der Waals surface area contributed by atoms with E-state index in [0.717, 1.165) is 17.7 Å². The summed E-state index contributed by atoms with van der Waals surface area (Å²) in [4.78, 5) is 30.2. The van der Waals surface area contributed by atoms with E-state index in [4.69, 9.17) is 16.3 Å². The van der Waals surface area contributed by atoms with E-state index in [2.05, 4.69) is 0 Å². The lowest BCUT2D eigenvalue weighted by Gasteiger charge is -2.34. The zero-order valence-corrected chi connectivity index (χ0v) is 17.4. The Balaban J connectivity index is 1.87. The Morgan fingerprint density at radius 2 is 1.83 bits per heavy atom. The number of carbonyl (C=O) groups excluding carboxylic acids is 2. The number of methoxy groups -OCH3 is 1. The van der Waals surface area contributed by atoms with E-state index >= 15 is 0 Å². The third kappa shape index (κ3) is 3.46. The Morgan fingerprint density at radius 3 is 2.57 bits per heavy atom. The average Bonchev–Trinajstić information content (AvgIpc) is 3.04. The molecule has 7 heteroatoms. The zero-order chi connectivity index (χ0) is 21.3. The van der Waals surface area contributed by atoms with Crippen molar-refractivity contribution in [2.24, 2.45) is 5.92 Å². The minimum Gasteiger partial charge on any atom is -0.496 e. The highest BCUT2D eigenvalue weighted by atomic mass is 35.5. The molecule has 0 aromatic heterocycles. The van der Waals surface area contributed by atoms with Gasteiger partial charge in [-0.1, -0.05) is 41.9 Å². The summed E-state index contributed by atoms with van der Waals surface area (Å²) in [5.41, 5.74) is 1.56. The smallest absolute Gasteiger partial charge is 0.282 e. The Hall–Kier alpha value is -2.83. The van der Waals surface area contributed by atoms with E-state index < -0.39 is 11.8 Å². The number of amides is 2. The number of hydrogen-bond donors (Lipinski definition) is 1. The van der Waals surface area contributed by atoms with Crippen molar-refractivity contribution in [1.29, 1.82) is 0 Å². The molecule has 2 aliphatic rings. The molecule has 2 aromatic rings. The largest absolute Gasteiger partial charge is 0.496 e. The van der Waals surface area contributed by atoms with Gasteiger partial charge in [0.05, 0.1) is 23.4 Å². The number of carbonyl (C=O) groups is 2. The number of piperidine rings is 1. The summed E-state index contributed by atoms with van der Waals surface area (Å²) in [6, 6.07) is 14.0. The SMILES string of the molecule is COc1ccccc1C1=C(N2CCCC(CO)C2)C(=O)N(c2ccccc2Cl)C1=O. The molecule has 2 aliphatic heterocycles. The predicted molar refractivity (Wildman–Crippen MR) is 115 cm³/mol. The number of hydrogen-bond acceptors (Lipinski definition) is 5. The molecule has 4 rings (SSSR count). The van der Waals surface area contributed by atoms with Crippen LogP contribution in [-0.4, -0.2) is 48.6 Å². The molecule has 1 atom stereocenters. The van der Waals surface area contributed by atoms with Gasteiger partial charge >= 0.3 is 0 Å². The van der Waals surface area contributed by atoms with Crippen molar-refractivity contribution >= 4 is 34.7 Å². The molecule has 0 bridgehead atoms. The number of anilines is 1. The molecule has 0 aliphatic carbocycles. The maximum absolute atomic E-state index is 13.6. The number of likely N-dealkylation sites (tertiary alicyclic amines) is 1. The summed E-state index contributed by atoms with van der Waals surface area (Å²) >= 11 is 6.33. The molecule has 30 heavy (non-hydrogen) atoms. The molecule has 6 nitrogen and oxygen atoms in total. The van der Waals surface area contributed by atoms with Gasteiger partial charge < -0.3 is 14.7 Å². The summed E-state index contributed by atoms with van der Waals surface area (Å²) in [6.07, 6.45) is 1.72. The lowest BCUT2D eigenvalue weighted by Crippen LogP contribution is -2.40. The van der Waals surface area contributed by atoms with Crippen molar-refractivity contribution in [3.8, 4) is 5.75 Å². The van der Waals surface area contributed by atoms with Crippen LogP contribution in [0, 0.1) is 5.92 Å². The summed E-state index contributed by atoms with van der Waals surface area (Å²) < 4.78 is 5.48. The molecule has 1 saturated heterocycles. The fourth-order valence-electron chi connectivity index (χ4n) is 4.17. The van der Waals surface area contributed by atoms with Crippen molar-refractivity contribution in [3.63, 3.8) is 0 Å². The van der Waals surface area contributed by atoms with Crippen molar-refractivity contribution in [2.75, 3.05) is 31.7 Å². The average molecular weight is 427 g/mol. The number of aliphatic hydroxyl groups is 1. The first-order chi connectivity index (χ1) is 14.6. The van der Waals surface area contributed by atoms with Crippen LogP contribution in [0.2, 0.25) is 5.02 Å². The van der Waals surface area contributed by atoms with E-state index in [1.807, 2.05) is 17.0 Å². The second-order valence-corrected chi connectivity index (χ2v) is 7.87. The zero-order valence-electron chi connectivity index (χ0n) is 16.7. The van der Waals surface area contributed by atoms with Crippen LogP contribution in [-0.2, 0) is 9.59 Å². The van der Waals surface area contributed by atoms with Gasteiger partial charge in [0, 0.05) is 25.3 Å². The molecule has 1 N–H and O–H groups in total. The minimum absolute atomic E-state index is 0.0458. The summed E-state index contributed by atoms with van der Waals surface area (Å²) in [5, 5.41) is 9.98. The van der Waals surface area contributed by atoms with Crippen LogP contribution in [0.25, 0.3) is 5.57 Å². The first-order valence-corrected chi connectivity index (χ1v) is 10.3. The highest BCUT2D eigenvalue weighted by Gasteiger charge is 2.44. The number of nitrogens with zero attached hydrogens (tertiary/aromatic N) is 2. The van der Waals surface area contributed by atoms with Gasteiger partial charge in [0.2, 0.25) is 0 Å². The molecular weight excluding hydrogens is 404 g/mol. The maximum atomic E-state index is 13.6. The molecule has 0 saturated carbocycles. The first kappa shape index (κ1) is 20.4. The lowest BCUT2D eigenvalue weighted by atomic mass is 9.96. The van der Waals surface area contributed by atoms with E-state index in [9.17, 15) is 14.7 Å². The van der Waals surface area contributed by atoms with Gasteiger partial charge in [-0.25, -0.2) is 4.90 Å². The summed E-state index contributed by atoms with van der Waals surface area (Å²) in [6.45, 7) is 1.20. The fraction of sp³-hybridized carbons (Fsp3) is 0.304. The van der Waals surface area contributed by atoms with E-state index in [0.29, 0.717) is 46.4 Å². The molecular formula is C23H23ClN2O4. The first-order valence-electron chi connectivity index (χ1n) is 9.93. The van der Waals surface area contributed by atoms with Gasteiger partial charge in [0.15, 0.2) is 0 Å². The second kappa shape index (κ2) is 8.50. The number of aliphatic hydroxyl groups excluding tert-OH is 1. The Bertz CT molecular complexity index is 1020. The van der Waals surface area contributed by atoms with Crippen LogP contribution in [0.15, 0.2) is 54.2 Å². The summed E-state index contributed by atoms with van der Waals surface area (Å²) in [7, 11) is 1.54. The lowest BCUT2D eigenvalue weighted by molar-refractivity contribution is -0.120. The highest BCUT2D eigenvalue weighted by molar-refractivity contribution is 6.47. The third-order valence-corrected chi connectivity index (χ3v) is 5.94. The second-order valence-electron chi connectivity index (χ2n) is 7.46. The number of rotatable bonds is 5. The Labute approximate surface area is 180 Å². The van der Waals surface area contributed by atoms with Crippen LogP contribution >= 0.6 is 11.6 Å². The molecule has 2 amide bonds. The predicted octanol–water partition coefficient (Wildman–Crippen LogP) is 3.34. The van der Waals surface area contributed by atoms with Crippen molar-refractivity contribution < 1.29 is 19.4 Å². The number of para-hydroxylation sites is 2. The molecule has 0 spiro atoms. The van der Waals surface area contributed by atoms with Crippen molar-refractivity contribution in [3.05, 3.63) is 64.8 Å². The van der Waals surface area contributed by atoms with Crippen molar-refractivity contribution in [1.82, 2.24) is 4.90 Å². The number of halogens is 1. The number of ether oxygens (including phenoxy) is 1. The third-order valence-electron chi connectivity index (χ3n) is 5.62.